The number of aryl methyl sites for hydroxylation is 1. The van der Waals surface area contributed by atoms with Crippen LogP contribution in [0.2, 0.25) is 0 Å². The fourth-order valence-corrected chi connectivity index (χ4v) is 1.94. The number of hydrogen-bond acceptors (Lipinski definition) is 3. The molecular weight excluding hydrogens is 226 g/mol. The predicted molar refractivity (Wildman–Crippen MR) is 71.7 cm³/mol. The molecule has 0 radical (unpaired) electrons. The second-order valence-electron chi connectivity index (χ2n) is 4.17. The van der Waals surface area contributed by atoms with Gasteiger partial charge in [-0.25, -0.2) is 0 Å². The standard InChI is InChI=1S/C15H19NO2/c1-17-15-9-3-2-6-13(15)7-4-10-16-12-14-8-5-11-18-14/h2-3,5-6,8-9,11,16H,4,7,10,12H2,1H3. The number of benzene rings is 1. The molecule has 3 nitrogen and oxygen atoms in total. The summed E-state index contributed by atoms with van der Waals surface area (Å²) in [5.41, 5.74) is 1.26. The molecule has 2 rings (SSSR count). The van der Waals surface area contributed by atoms with Crippen molar-refractivity contribution in [1.82, 2.24) is 5.32 Å². The Morgan fingerprint density at radius 1 is 1.17 bits per heavy atom. The quantitative estimate of drug-likeness (QED) is 0.761. The van der Waals surface area contributed by atoms with E-state index < -0.39 is 0 Å². The summed E-state index contributed by atoms with van der Waals surface area (Å²) in [5, 5.41) is 3.36. The smallest absolute Gasteiger partial charge is 0.122 e. The maximum absolute atomic E-state index is 5.33. The molecule has 0 fully saturated rings. The largest absolute Gasteiger partial charge is 0.496 e. The SMILES string of the molecule is COc1ccccc1CCCNCc1ccco1. The van der Waals surface area contributed by atoms with Crippen LogP contribution in [0.1, 0.15) is 17.7 Å². The van der Waals surface area contributed by atoms with Gasteiger partial charge in [-0.3, -0.25) is 0 Å². The van der Waals surface area contributed by atoms with Crippen molar-refractivity contribution in [1.29, 1.82) is 0 Å². The molecule has 1 N–H and O–H groups in total. The summed E-state index contributed by atoms with van der Waals surface area (Å²) in [5.74, 6) is 1.95. The molecule has 96 valence electrons. The third-order valence-corrected chi connectivity index (χ3v) is 2.87. The summed E-state index contributed by atoms with van der Waals surface area (Å²) in [7, 11) is 1.72. The summed E-state index contributed by atoms with van der Waals surface area (Å²) < 4.78 is 10.6. The van der Waals surface area contributed by atoms with Gasteiger partial charge in [0.05, 0.1) is 19.9 Å². The van der Waals surface area contributed by atoms with Crippen molar-refractivity contribution in [3.63, 3.8) is 0 Å². The Hall–Kier alpha value is -1.74. The van der Waals surface area contributed by atoms with Crippen molar-refractivity contribution in [2.75, 3.05) is 13.7 Å². The highest BCUT2D eigenvalue weighted by Gasteiger charge is 2.01. The normalized spacial score (nSPS) is 10.5. The molecule has 0 spiro atoms. The minimum atomic E-state index is 0.791. The summed E-state index contributed by atoms with van der Waals surface area (Å²) in [4.78, 5) is 0. The Morgan fingerprint density at radius 2 is 2.06 bits per heavy atom. The molecule has 1 aromatic heterocycles. The minimum Gasteiger partial charge on any atom is -0.496 e. The van der Waals surface area contributed by atoms with Crippen molar-refractivity contribution >= 4 is 0 Å². The van der Waals surface area contributed by atoms with Crippen LogP contribution in [0.15, 0.2) is 47.1 Å². The lowest BCUT2D eigenvalue weighted by Gasteiger charge is -2.08. The lowest BCUT2D eigenvalue weighted by atomic mass is 10.1. The lowest BCUT2D eigenvalue weighted by Crippen LogP contribution is -2.14. The summed E-state index contributed by atoms with van der Waals surface area (Å²) >= 11 is 0. The molecule has 1 heterocycles. The lowest BCUT2D eigenvalue weighted by molar-refractivity contribution is 0.408. The number of ether oxygens (including phenoxy) is 1. The topological polar surface area (TPSA) is 34.4 Å². The summed E-state index contributed by atoms with van der Waals surface area (Å²) in [6, 6.07) is 12.1. The van der Waals surface area contributed by atoms with Gasteiger partial charge in [0.15, 0.2) is 0 Å². The number of nitrogens with one attached hydrogen (secondary N) is 1. The van der Waals surface area contributed by atoms with Gasteiger partial charge in [-0.15, -0.1) is 0 Å². The van der Waals surface area contributed by atoms with Crippen LogP contribution in [0, 0.1) is 0 Å². The van der Waals surface area contributed by atoms with Gasteiger partial charge in [0, 0.05) is 0 Å². The number of hydrogen-bond donors (Lipinski definition) is 1. The zero-order chi connectivity index (χ0) is 12.6. The average molecular weight is 245 g/mol. The van der Waals surface area contributed by atoms with Crippen LogP contribution in [-0.4, -0.2) is 13.7 Å². The third-order valence-electron chi connectivity index (χ3n) is 2.87. The molecule has 18 heavy (non-hydrogen) atoms. The first kappa shape index (κ1) is 12.7. The number of furan rings is 1. The Balaban J connectivity index is 1.69. The molecule has 2 aromatic rings. The van der Waals surface area contributed by atoms with Crippen LogP contribution in [0.25, 0.3) is 0 Å². The van der Waals surface area contributed by atoms with Crippen LogP contribution in [0.4, 0.5) is 0 Å². The zero-order valence-electron chi connectivity index (χ0n) is 10.7. The van der Waals surface area contributed by atoms with Crippen LogP contribution < -0.4 is 10.1 Å². The van der Waals surface area contributed by atoms with E-state index in [4.69, 9.17) is 9.15 Å². The summed E-state index contributed by atoms with van der Waals surface area (Å²) in [6.45, 7) is 1.76. The first-order chi connectivity index (χ1) is 8.90. The molecule has 1 aromatic carbocycles. The van der Waals surface area contributed by atoms with E-state index in [9.17, 15) is 0 Å². The van der Waals surface area contributed by atoms with Crippen LogP contribution in [0.5, 0.6) is 5.75 Å². The van der Waals surface area contributed by atoms with E-state index >= 15 is 0 Å². The van der Waals surface area contributed by atoms with Crippen molar-refractivity contribution < 1.29 is 9.15 Å². The highest BCUT2D eigenvalue weighted by molar-refractivity contribution is 5.33. The van der Waals surface area contributed by atoms with Gasteiger partial charge in [-0.1, -0.05) is 18.2 Å². The van der Waals surface area contributed by atoms with Gasteiger partial charge in [-0.2, -0.15) is 0 Å². The molecule has 0 bridgehead atoms. The van der Waals surface area contributed by atoms with E-state index in [2.05, 4.69) is 11.4 Å². The van der Waals surface area contributed by atoms with Crippen molar-refractivity contribution in [2.45, 2.75) is 19.4 Å². The molecule has 0 saturated carbocycles. The predicted octanol–water partition coefficient (Wildman–Crippen LogP) is 3.01. The Kier molecular flexibility index (Phi) is 4.85. The number of rotatable bonds is 7. The molecular formula is C15H19NO2. The molecule has 0 atom stereocenters. The highest BCUT2D eigenvalue weighted by Crippen LogP contribution is 2.18. The Morgan fingerprint density at radius 3 is 2.83 bits per heavy atom. The fraction of sp³-hybridized carbons (Fsp3) is 0.333. The van der Waals surface area contributed by atoms with Crippen molar-refractivity contribution in [3.05, 3.63) is 54.0 Å². The van der Waals surface area contributed by atoms with Gasteiger partial charge in [0.1, 0.15) is 11.5 Å². The molecule has 0 amide bonds. The first-order valence-electron chi connectivity index (χ1n) is 6.25. The monoisotopic (exact) mass is 245 g/mol. The molecule has 3 heteroatoms. The van der Waals surface area contributed by atoms with E-state index in [-0.39, 0.29) is 0 Å². The molecule has 0 saturated heterocycles. The minimum absolute atomic E-state index is 0.791. The van der Waals surface area contributed by atoms with Gasteiger partial charge >= 0.3 is 0 Å². The first-order valence-corrected chi connectivity index (χ1v) is 6.25. The zero-order valence-corrected chi connectivity index (χ0v) is 10.7. The van der Waals surface area contributed by atoms with Gasteiger partial charge < -0.3 is 14.5 Å². The van der Waals surface area contributed by atoms with E-state index in [1.807, 2.05) is 30.3 Å². The second kappa shape index (κ2) is 6.87. The van der Waals surface area contributed by atoms with Gasteiger partial charge in [0.2, 0.25) is 0 Å². The van der Waals surface area contributed by atoms with Crippen LogP contribution >= 0.6 is 0 Å². The molecule has 0 aliphatic carbocycles. The van der Waals surface area contributed by atoms with Crippen LogP contribution in [0.3, 0.4) is 0 Å². The van der Waals surface area contributed by atoms with Gasteiger partial charge in [0.25, 0.3) is 0 Å². The Bertz CT molecular complexity index is 451. The molecule has 0 aliphatic heterocycles. The van der Waals surface area contributed by atoms with Crippen LogP contribution in [-0.2, 0) is 13.0 Å². The third kappa shape index (κ3) is 3.64. The van der Waals surface area contributed by atoms with Crippen molar-refractivity contribution in [3.8, 4) is 5.75 Å². The number of para-hydroxylation sites is 1. The Labute approximate surface area is 108 Å². The average Bonchev–Trinajstić information content (AvgIpc) is 2.92. The fourth-order valence-electron chi connectivity index (χ4n) is 1.94. The maximum Gasteiger partial charge on any atom is 0.122 e. The summed E-state index contributed by atoms with van der Waals surface area (Å²) in [6.07, 6.45) is 3.81. The molecule has 0 unspecified atom stereocenters. The van der Waals surface area contributed by atoms with Gasteiger partial charge in [-0.05, 0) is 43.1 Å². The highest BCUT2D eigenvalue weighted by atomic mass is 16.5. The van der Waals surface area contributed by atoms with E-state index in [1.165, 1.54) is 5.56 Å². The van der Waals surface area contributed by atoms with E-state index in [0.717, 1.165) is 37.4 Å². The maximum atomic E-state index is 5.33. The second-order valence-corrected chi connectivity index (χ2v) is 4.17. The van der Waals surface area contributed by atoms with Crippen molar-refractivity contribution in [2.24, 2.45) is 0 Å². The van der Waals surface area contributed by atoms with E-state index in [0.29, 0.717) is 0 Å². The molecule has 0 aliphatic rings. The number of methoxy groups -OCH3 is 1. The van der Waals surface area contributed by atoms with E-state index in [1.54, 1.807) is 13.4 Å².